The van der Waals surface area contributed by atoms with Gasteiger partial charge in [-0.2, -0.15) is 0 Å². The highest BCUT2D eigenvalue weighted by molar-refractivity contribution is 9.11. The van der Waals surface area contributed by atoms with Crippen molar-refractivity contribution in [2.75, 3.05) is 7.11 Å². The SMILES string of the molecule is COc1cccc(/C(=N/O)c2ccc(Br)s2)c1O. The standard InChI is InChI=1S/C12H10BrNO3S/c1-17-8-4-2-3-7(12(8)15)11(14-16)9-5-6-10(13)18-9/h2-6,15-16H,1H3/b14-11-. The first-order valence-electron chi connectivity index (χ1n) is 5.01. The Morgan fingerprint density at radius 2 is 2.11 bits per heavy atom. The minimum atomic E-state index is -0.0441. The molecule has 1 aromatic heterocycles. The molecule has 0 amide bonds. The first-order valence-corrected chi connectivity index (χ1v) is 6.62. The number of phenols is 1. The lowest BCUT2D eigenvalue weighted by molar-refractivity contribution is 0.319. The minimum absolute atomic E-state index is 0.0441. The van der Waals surface area contributed by atoms with Crippen molar-refractivity contribution in [1.82, 2.24) is 0 Å². The van der Waals surface area contributed by atoms with Crippen LogP contribution in [-0.2, 0) is 0 Å². The zero-order chi connectivity index (χ0) is 13.1. The molecule has 0 fully saturated rings. The molecule has 18 heavy (non-hydrogen) atoms. The Morgan fingerprint density at radius 1 is 1.33 bits per heavy atom. The maximum absolute atomic E-state index is 10.0. The number of oxime groups is 1. The third-order valence-electron chi connectivity index (χ3n) is 2.38. The largest absolute Gasteiger partial charge is 0.504 e. The molecular formula is C12H10BrNO3S. The van der Waals surface area contributed by atoms with Gasteiger partial charge < -0.3 is 15.1 Å². The molecule has 2 rings (SSSR count). The fourth-order valence-electron chi connectivity index (χ4n) is 1.56. The average Bonchev–Trinajstić information content (AvgIpc) is 2.79. The topological polar surface area (TPSA) is 62.0 Å². The normalized spacial score (nSPS) is 11.6. The van der Waals surface area contributed by atoms with Gasteiger partial charge in [0.1, 0.15) is 5.71 Å². The summed E-state index contributed by atoms with van der Waals surface area (Å²) in [6, 6.07) is 8.69. The van der Waals surface area contributed by atoms with E-state index in [4.69, 9.17) is 9.94 Å². The number of hydrogen-bond acceptors (Lipinski definition) is 5. The van der Waals surface area contributed by atoms with E-state index < -0.39 is 0 Å². The molecule has 1 aromatic carbocycles. The van der Waals surface area contributed by atoms with E-state index in [0.29, 0.717) is 17.0 Å². The van der Waals surface area contributed by atoms with Gasteiger partial charge in [0.15, 0.2) is 11.5 Å². The molecule has 2 aromatic rings. The first kappa shape index (κ1) is 12.9. The van der Waals surface area contributed by atoms with Crippen LogP contribution in [0.25, 0.3) is 0 Å². The van der Waals surface area contributed by atoms with E-state index in [0.717, 1.165) is 8.66 Å². The fraction of sp³-hybridized carbons (Fsp3) is 0.0833. The second-order valence-electron chi connectivity index (χ2n) is 3.41. The van der Waals surface area contributed by atoms with Gasteiger partial charge in [0.25, 0.3) is 0 Å². The summed E-state index contributed by atoms with van der Waals surface area (Å²) in [5.41, 5.74) is 0.730. The molecule has 2 N–H and O–H groups in total. The van der Waals surface area contributed by atoms with Crippen molar-refractivity contribution in [3.05, 3.63) is 44.6 Å². The van der Waals surface area contributed by atoms with E-state index in [1.54, 1.807) is 18.2 Å². The monoisotopic (exact) mass is 327 g/mol. The molecule has 0 aliphatic heterocycles. The van der Waals surface area contributed by atoms with E-state index >= 15 is 0 Å². The van der Waals surface area contributed by atoms with Crippen LogP contribution in [0.3, 0.4) is 0 Å². The van der Waals surface area contributed by atoms with Crippen molar-refractivity contribution in [2.24, 2.45) is 5.16 Å². The molecule has 0 saturated heterocycles. The van der Waals surface area contributed by atoms with Crippen molar-refractivity contribution in [3.63, 3.8) is 0 Å². The van der Waals surface area contributed by atoms with Crippen molar-refractivity contribution in [2.45, 2.75) is 0 Å². The number of para-hydroxylation sites is 1. The highest BCUT2D eigenvalue weighted by Gasteiger charge is 2.16. The van der Waals surface area contributed by atoms with Gasteiger partial charge >= 0.3 is 0 Å². The van der Waals surface area contributed by atoms with Crippen molar-refractivity contribution >= 4 is 33.0 Å². The van der Waals surface area contributed by atoms with Gasteiger partial charge in [-0.1, -0.05) is 11.2 Å². The number of ether oxygens (including phenoxy) is 1. The van der Waals surface area contributed by atoms with Crippen LogP contribution in [-0.4, -0.2) is 23.1 Å². The van der Waals surface area contributed by atoms with Crippen LogP contribution in [0.5, 0.6) is 11.5 Å². The maximum Gasteiger partial charge on any atom is 0.167 e. The van der Waals surface area contributed by atoms with Crippen LogP contribution >= 0.6 is 27.3 Å². The molecular weight excluding hydrogens is 318 g/mol. The maximum atomic E-state index is 10.0. The summed E-state index contributed by atoms with van der Waals surface area (Å²) >= 11 is 4.75. The van der Waals surface area contributed by atoms with Gasteiger partial charge in [0, 0.05) is 0 Å². The Hall–Kier alpha value is -1.53. The molecule has 0 radical (unpaired) electrons. The van der Waals surface area contributed by atoms with Crippen molar-refractivity contribution in [3.8, 4) is 11.5 Å². The summed E-state index contributed by atoms with van der Waals surface area (Å²) in [6.07, 6.45) is 0. The third kappa shape index (κ3) is 2.34. The van der Waals surface area contributed by atoms with Gasteiger partial charge in [0.2, 0.25) is 0 Å². The minimum Gasteiger partial charge on any atom is -0.504 e. The Bertz CT molecular complexity index is 595. The van der Waals surface area contributed by atoms with E-state index in [2.05, 4.69) is 21.1 Å². The smallest absolute Gasteiger partial charge is 0.167 e. The Morgan fingerprint density at radius 3 is 2.67 bits per heavy atom. The van der Waals surface area contributed by atoms with Crippen LogP contribution in [0.1, 0.15) is 10.4 Å². The van der Waals surface area contributed by atoms with E-state index in [1.807, 2.05) is 12.1 Å². The lowest BCUT2D eigenvalue weighted by Gasteiger charge is -2.08. The van der Waals surface area contributed by atoms with Gasteiger partial charge in [0.05, 0.1) is 21.3 Å². The summed E-state index contributed by atoms with van der Waals surface area (Å²) in [7, 11) is 1.47. The van der Waals surface area contributed by atoms with E-state index in [1.165, 1.54) is 18.4 Å². The summed E-state index contributed by atoms with van der Waals surface area (Å²) in [4.78, 5) is 0.743. The van der Waals surface area contributed by atoms with Crippen molar-refractivity contribution in [1.29, 1.82) is 0 Å². The Balaban J connectivity index is 2.53. The number of benzene rings is 1. The lowest BCUT2D eigenvalue weighted by Crippen LogP contribution is -2.02. The van der Waals surface area contributed by atoms with Gasteiger partial charge in [-0.3, -0.25) is 0 Å². The molecule has 4 nitrogen and oxygen atoms in total. The summed E-state index contributed by atoms with van der Waals surface area (Å²) in [5, 5.41) is 22.5. The molecule has 0 aliphatic carbocycles. The third-order valence-corrected chi connectivity index (χ3v) is 4.01. The fourth-order valence-corrected chi connectivity index (χ4v) is 2.94. The highest BCUT2D eigenvalue weighted by atomic mass is 79.9. The summed E-state index contributed by atoms with van der Waals surface area (Å²) in [5.74, 6) is 0.293. The van der Waals surface area contributed by atoms with Crippen LogP contribution in [0.2, 0.25) is 0 Å². The van der Waals surface area contributed by atoms with Gasteiger partial charge in [-0.25, -0.2) is 0 Å². The molecule has 0 bridgehead atoms. The number of phenolic OH excluding ortho intramolecular Hbond substituents is 1. The van der Waals surface area contributed by atoms with Crippen LogP contribution in [0.15, 0.2) is 39.3 Å². The van der Waals surface area contributed by atoms with E-state index in [-0.39, 0.29) is 5.75 Å². The van der Waals surface area contributed by atoms with Crippen LogP contribution in [0, 0.1) is 0 Å². The average molecular weight is 328 g/mol. The zero-order valence-corrected chi connectivity index (χ0v) is 11.8. The van der Waals surface area contributed by atoms with Crippen molar-refractivity contribution < 1.29 is 15.1 Å². The predicted octanol–water partition coefficient (Wildman–Crippen LogP) is 3.45. The Kier molecular flexibility index (Phi) is 3.88. The Labute approximate surface area is 116 Å². The molecule has 1 heterocycles. The molecule has 0 spiro atoms. The molecule has 0 atom stereocenters. The summed E-state index contributed by atoms with van der Waals surface area (Å²) < 4.78 is 5.95. The quantitative estimate of drug-likeness (QED) is 0.515. The molecule has 0 unspecified atom stereocenters. The number of aromatic hydroxyl groups is 1. The zero-order valence-electron chi connectivity index (χ0n) is 9.42. The van der Waals surface area contributed by atoms with Crippen LogP contribution < -0.4 is 4.74 Å². The second kappa shape index (κ2) is 5.41. The highest BCUT2D eigenvalue weighted by Crippen LogP contribution is 2.33. The lowest BCUT2D eigenvalue weighted by atomic mass is 10.1. The molecule has 0 aliphatic rings. The molecule has 6 heteroatoms. The summed E-state index contributed by atoms with van der Waals surface area (Å²) in [6.45, 7) is 0. The number of nitrogens with zero attached hydrogens (tertiary/aromatic N) is 1. The number of methoxy groups -OCH3 is 1. The van der Waals surface area contributed by atoms with Gasteiger partial charge in [-0.05, 0) is 40.2 Å². The van der Waals surface area contributed by atoms with Crippen LogP contribution in [0.4, 0.5) is 0 Å². The molecule has 94 valence electrons. The number of thiophene rings is 1. The number of rotatable bonds is 3. The number of hydrogen-bond donors (Lipinski definition) is 2. The molecule has 0 saturated carbocycles. The first-order chi connectivity index (χ1) is 8.67. The second-order valence-corrected chi connectivity index (χ2v) is 5.87. The predicted molar refractivity (Wildman–Crippen MR) is 74.1 cm³/mol. The van der Waals surface area contributed by atoms with E-state index in [9.17, 15) is 5.11 Å². The van der Waals surface area contributed by atoms with Gasteiger partial charge in [-0.15, -0.1) is 11.3 Å². The number of halogens is 1.